The molecule has 2 atom stereocenters. The second-order valence-electron chi connectivity index (χ2n) is 6.05. The van der Waals surface area contributed by atoms with Gasteiger partial charge in [0.1, 0.15) is 5.78 Å². The maximum Gasteiger partial charge on any atom is 0.143 e. The summed E-state index contributed by atoms with van der Waals surface area (Å²) in [5.74, 6) is 0.604. The van der Waals surface area contributed by atoms with Crippen LogP contribution in [-0.4, -0.2) is 10.8 Å². The average molecular weight is 263 g/mol. The molecule has 0 radical (unpaired) electrons. The summed E-state index contributed by atoms with van der Waals surface area (Å²) in [5, 5.41) is 0. The third kappa shape index (κ3) is 1.34. The third-order valence-electron chi connectivity index (χ3n) is 5.12. The van der Waals surface area contributed by atoms with E-state index < -0.39 is 5.41 Å². The minimum absolute atomic E-state index is 0.231. The van der Waals surface area contributed by atoms with E-state index in [1.807, 2.05) is 24.4 Å². The molecule has 0 N–H and O–H groups in total. The fourth-order valence-corrected chi connectivity index (χ4v) is 4.05. The lowest BCUT2D eigenvalue weighted by Gasteiger charge is -2.45. The molecule has 20 heavy (non-hydrogen) atoms. The second-order valence-corrected chi connectivity index (χ2v) is 6.05. The van der Waals surface area contributed by atoms with Gasteiger partial charge in [0.05, 0.1) is 11.1 Å². The van der Waals surface area contributed by atoms with E-state index in [9.17, 15) is 4.79 Å². The zero-order chi connectivity index (χ0) is 13.7. The highest BCUT2D eigenvalue weighted by atomic mass is 16.1. The Labute approximate surface area is 118 Å². The summed E-state index contributed by atoms with van der Waals surface area (Å²) in [7, 11) is 0. The van der Waals surface area contributed by atoms with Crippen LogP contribution in [0, 0.1) is 0 Å². The zero-order valence-electron chi connectivity index (χ0n) is 11.6. The van der Waals surface area contributed by atoms with E-state index in [1.165, 1.54) is 16.7 Å². The lowest BCUT2D eigenvalue weighted by Crippen LogP contribution is -2.44. The Morgan fingerprint density at radius 1 is 1.15 bits per heavy atom. The molecule has 1 aromatic carbocycles. The van der Waals surface area contributed by atoms with Gasteiger partial charge in [0.15, 0.2) is 0 Å². The van der Waals surface area contributed by atoms with Crippen LogP contribution in [0.5, 0.6) is 0 Å². The Morgan fingerprint density at radius 3 is 2.85 bits per heavy atom. The number of nitrogens with zero attached hydrogens (tertiary/aromatic N) is 1. The van der Waals surface area contributed by atoms with Gasteiger partial charge in [0.2, 0.25) is 0 Å². The smallest absolute Gasteiger partial charge is 0.143 e. The highest BCUT2D eigenvalue weighted by Gasteiger charge is 2.50. The van der Waals surface area contributed by atoms with E-state index in [2.05, 4.69) is 30.1 Å². The molecule has 2 heteroatoms. The van der Waals surface area contributed by atoms with E-state index in [0.29, 0.717) is 12.2 Å². The van der Waals surface area contributed by atoms with Crippen molar-refractivity contribution < 1.29 is 4.79 Å². The van der Waals surface area contributed by atoms with Gasteiger partial charge in [0, 0.05) is 24.1 Å². The number of carbonyl (C=O) groups is 1. The number of Topliss-reactive ketones (excluding diaryl/α,β-unsaturated/α-hetero) is 1. The van der Waals surface area contributed by atoms with Gasteiger partial charge in [-0.25, -0.2) is 0 Å². The number of hydrogen-bond donors (Lipinski definition) is 0. The van der Waals surface area contributed by atoms with Crippen molar-refractivity contribution in [3.8, 4) is 11.1 Å². The van der Waals surface area contributed by atoms with Gasteiger partial charge in [0.25, 0.3) is 0 Å². The maximum absolute atomic E-state index is 12.7. The molecule has 100 valence electrons. The molecule has 0 amide bonds. The molecular formula is C18H17NO. The molecule has 1 heterocycles. The molecule has 1 saturated carbocycles. The first kappa shape index (κ1) is 11.8. The Balaban J connectivity index is 2.08. The highest BCUT2D eigenvalue weighted by molar-refractivity contribution is 5.96. The normalized spacial score (nSPS) is 27.4. The van der Waals surface area contributed by atoms with Gasteiger partial charge in [-0.15, -0.1) is 0 Å². The highest BCUT2D eigenvalue weighted by Crippen LogP contribution is 2.54. The van der Waals surface area contributed by atoms with Gasteiger partial charge < -0.3 is 0 Å². The van der Waals surface area contributed by atoms with E-state index in [4.69, 9.17) is 0 Å². The third-order valence-corrected chi connectivity index (χ3v) is 5.12. The molecule has 0 unspecified atom stereocenters. The van der Waals surface area contributed by atoms with Crippen molar-refractivity contribution in [1.29, 1.82) is 0 Å². The lowest BCUT2D eigenvalue weighted by molar-refractivity contribution is -0.126. The van der Waals surface area contributed by atoms with Crippen molar-refractivity contribution in [1.82, 2.24) is 4.98 Å². The Kier molecular flexibility index (Phi) is 2.38. The standard InChI is InChI=1S/C18H17NO/c1-18-14-8-3-2-6-12(14)13-7-5-11-19-17(13)15(18)9-4-10-16(18)20/h2-3,5-8,11,15H,4,9-10H2,1H3/t15-,18-/m0/s1. The van der Waals surface area contributed by atoms with Crippen LogP contribution in [0.1, 0.15) is 43.4 Å². The Morgan fingerprint density at radius 2 is 1.95 bits per heavy atom. The largest absolute Gasteiger partial charge is 0.299 e. The summed E-state index contributed by atoms with van der Waals surface area (Å²) in [4.78, 5) is 17.3. The molecule has 0 aliphatic heterocycles. The van der Waals surface area contributed by atoms with Crippen LogP contribution in [0.3, 0.4) is 0 Å². The van der Waals surface area contributed by atoms with Gasteiger partial charge in [-0.3, -0.25) is 9.78 Å². The molecule has 2 aliphatic carbocycles. The summed E-state index contributed by atoms with van der Waals surface area (Å²) >= 11 is 0. The molecule has 4 rings (SSSR count). The van der Waals surface area contributed by atoms with Gasteiger partial charge >= 0.3 is 0 Å². The van der Waals surface area contributed by atoms with Crippen molar-refractivity contribution in [2.45, 2.75) is 37.5 Å². The van der Waals surface area contributed by atoms with Crippen LogP contribution in [0.25, 0.3) is 11.1 Å². The molecule has 1 fully saturated rings. The van der Waals surface area contributed by atoms with Crippen LogP contribution >= 0.6 is 0 Å². The summed E-state index contributed by atoms with van der Waals surface area (Å²) in [6, 6.07) is 12.5. The van der Waals surface area contributed by atoms with Crippen LogP contribution in [-0.2, 0) is 10.2 Å². The van der Waals surface area contributed by atoms with E-state index in [1.54, 1.807) is 0 Å². The number of rotatable bonds is 0. The Bertz CT molecular complexity index is 706. The maximum atomic E-state index is 12.7. The van der Waals surface area contributed by atoms with E-state index >= 15 is 0 Å². The van der Waals surface area contributed by atoms with Gasteiger partial charge in [-0.05, 0) is 37.0 Å². The molecule has 1 aromatic heterocycles. The molecule has 0 saturated heterocycles. The van der Waals surface area contributed by atoms with Crippen molar-refractivity contribution in [3.63, 3.8) is 0 Å². The molecule has 2 aliphatic rings. The van der Waals surface area contributed by atoms with Crippen molar-refractivity contribution in [2.24, 2.45) is 0 Å². The minimum atomic E-state index is -0.393. The zero-order valence-corrected chi connectivity index (χ0v) is 11.6. The average Bonchev–Trinajstić information content (AvgIpc) is 2.50. The number of carbonyl (C=O) groups excluding carboxylic acids is 1. The first-order valence-electron chi connectivity index (χ1n) is 7.31. The lowest BCUT2D eigenvalue weighted by atomic mass is 9.57. The topological polar surface area (TPSA) is 30.0 Å². The fourth-order valence-electron chi connectivity index (χ4n) is 4.05. The van der Waals surface area contributed by atoms with Crippen LogP contribution in [0.15, 0.2) is 42.6 Å². The second kappa shape index (κ2) is 4.02. The van der Waals surface area contributed by atoms with Gasteiger partial charge in [-0.2, -0.15) is 0 Å². The summed E-state index contributed by atoms with van der Waals surface area (Å²) in [5.41, 5.74) is 4.30. The first-order chi connectivity index (χ1) is 9.73. The predicted molar refractivity (Wildman–Crippen MR) is 78.6 cm³/mol. The number of aromatic nitrogens is 1. The summed E-state index contributed by atoms with van der Waals surface area (Å²) in [6.07, 6.45) is 4.59. The number of ketones is 1. The first-order valence-corrected chi connectivity index (χ1v) is 7.31. The van der Waals surface area contributed by atoms with Gasteiger partial charge in [-0.1, -0.05) is 30.3 Å². The predicted octanol–water partition coefficient (Wildman–Crippen LogP) is 3.86. The van der Waals surface area contributed by atoms with Crippen molar-refractivity contribution in [3.05, 3.63) is 53.9 Å². The molecular weight excluding hydrogens is 246 g/mol. The molecule has 2 nitrogen and oxygen atoms in total. The number of fused-ring (bicyclic) bond motifs is 6. The molecule has 2 aromatic rings. The quantitative estimate of drug-likeness (QED) is 0.722. The number of pyridine rings is 1. The summed E-state index contributed by atoms with van der Waals surface area (Å²) < 4.78 is 0. The minimum Gasteiger partial charge on any atom is -0.299 e. The van der Waals surface area contributed by atoms with Crippen LogP contribution < -0.4 is 0 Å². The van der Waals surface area contributed by atoms with Crippen LogP contribution in [0.4, 0.5) is 0 Å². The fraction of sp³-hybridized carbons (Fsp3) is 0.333. The molecule has 0 bridgehead atoms. The van der Waals surface area contributed by atoms with E-state index in [-0.39, 0.29) is 5.92 Å². The van der Waals surface area contributed by atoms with Crippen molar-refractivity contribution in [2.75, 3.05) is 0 Å². The van der Waals surface area contributed by atoms with Crippen LogP contribution in [0.2, 0.25) is 0 Å². The SMILES string of the molecule is C[C@@]12C(=O)CCC[C@H]1c1ncccc1-c1ccccc12. The van der Waals surface area contributed by atoms with E-state index in [0.717, 1.165) is 18.5 Å². The summed E-state index contributed by atoms with van der Waals surface area (Å²) in [6.45, 7) is 2.12. The van der Waals surface area contributed by atoms with Crippen molar-refractivity contribution >= 4 is 5.78 Å². The molecule has 0 spiro atoms. The Hall–Kier alpha value is -1.96. The number of hydrogen-bond acceptors (Lipinski definition) is 2. The number of benzene rings is 1. The monoisotopic (exact) mass is 263 g/mol.